The van der Waals surface area contributed by atoms with Crippen LogP contribution in [-0.4, -0.2) is 33.1 Å². The van der Waals surface area contributed by atoms with Gasteiger partial charge in [-0.1, -0.05) is 41.7 Å². The fraction of sp³-hybridized carbons (Fsp3) is 0.167. The van der Waals surface area contributed by atoms with Crippen LogP contribution in [0, 0.1) is 5.82 Å². The molecule has 4 aromatic carbocycles. The Kier molecular flexibility index (Phi) is 10.2. The van der Waals surface area contributed by atoms with Crippen LogP contribution in [0.15, 0.2) is 99.6 Å². The first-order valence-corrected chi connectivity index (χ1v) is 13.9. The lowest BCUT2D eigenvalue weighted by Gasteiger charge is -2.17. The summed E-state index contributed by atoms with van der Waals surface area (Å²) in [6, 6.07) is 24.6. The Hall–Kier alpha value is -3.86. The van der Waals surface area contributed by atoms with Crippen molar-refractivity contribution in [2.24, 2.45) is 5.73 Å². The predicted octanol–water partition coefficient (Wildman–Crippen LogP) is 6.77. The molecule has 208 valence electrons. The number of carbonyl (C=O) groups is 1. The molecule has 2 atom stereocenters. The lowest BCUT2D eigenvalue weighted by Crippen LogP contribution is -2.20. The van der Waals surface area contributed by atoms with Gasteiger partial charge in [-0.05, 0) is 60.7 Å². The summed E-state index contributed by atoms with van der Waals surface area (Å²) in [4.78, 5) is 14.5. The van der Waals surface area contributed by atoms with E-state index in [-0.39, 0.29) is 11.3 Å². The van der Waals surface area contributed by atoms with E-state index in [1.165, 1.54) is 23.9 Å². The van der Waals surface area contributed by atoms with E-state index in [4.69, 9.17) is 24.7 Å². The van der Waals surface area contributed by atoms with E-state index in [1.807, 2.05) is 36.4 Å². The SMILES string of the molecule is COc1cc2c(cc1OC)SC(N)N2.COc1ccc(OC(C=O)c2ccccc2Sc2ccc(F)cc2)cc1. The molecule has 7 nitrogen and oxygen atoms in total. The van der Waals surface area contributed by atoms with Gasteiger partial charge in [-0.25, -0.2) is 4.39 Å². The first-order valence-electron chi connectivity index (χ1n) is 12.2. The van der Waals surface area contributed by atoms with Crippen LogP contribution in [0.25, 0.3) is 0 Å². The number of fused-ring (bicyclic) bond motifs is 1. The Bertz CT molecular complexity index is 1390. The summed E-state index contributed by atoms with van der Waals surface area (Å²) < 4.78 is 34.4. The molecule has 1 aliphatic rings. The largest absolute Gasteiger partial charge is 0.497 e. The minimum atomic E-state index is -0.743. The van der Waals surface area contributed by atoms with Gasteiger partial charge in [0.05, 0.1) is 27.0 Å². The van der Waals surface area contributed by atoms with Gasteiger partial charge in [0.25, 0.3) is 0 Å². The highest BCUT2D eigenvalue weighted by Crippen LogP contribution is 2.43. The molecular weight excluding hydrogens is 551 g/mol. The quantitative estimate of drug-likeness (QED) is 0.208. The second-order valence-electron chi connectivity index (χ2n) is 8.33. The summed E-state index contributed by atoms with van der Waals surface area (Å²) in [7, 11) is 4.83. The van der Waals surface area contributed by atoms with Gasteiger partial charge in [-0.15, -0.1) is 0 Å². The summed E-state index contributed by atoms with van der Waals surface area (Å²) in [5.74, 6) is 2.45. The Morgan fingerprint density at radius 1 is 0.900 bits per heavy atom. The minimum absolute atomic E-state index is 0.0817. The molecule has 2 unspecified atom stereocenters. The summed E-state index contributed by atoms with van der Waals surface area (Å²) in [5, 5.41) is 3.13. The molecule has 1 heterocycles. The zero-order chi connectivity index (χ0) is 28.5. The van der Waals surface area contributed by atoms with Crippen molar-refractivity contribution in [1.82, 2.24) is 0 Å². The maximum atomic E-state index is 13.1. The van der Waals surface area contributed by atoms with E-state index in [1.54, 1.807) is 69.5 Å². The molecule has 0 radical (unpaired) electrons. The zero-order valence-electron chi connectivity index (χ0n) is 22.1. The first kappa shape index (κ1) is 29.1. The first-order chi connectivity index (χ1) is 19.4. The van der Waals surface area contributed by atoms with E-state index in [2.05, 4.69) is 5.32 Å². The lowest BCUT2D eigenvalue weighted by molar-refractivity contribution is -0.114. The molecule has 0 saturated heterocycles. The number of carbonyl (C=O) groups excluding carboxylic acids is 1. The van der Waals surface area contributed by atoms with E-state index in [9.17, 15) is 9.18 Å². The third kappa shape index (κ3) is 7.41. The number of thioether (sulfide) groups is 1. The highest BCUT2D eigenvalue weighted by Gasteiger charge is 2.21. The molecule has 0 aromatic heterocycles. The number of hydrogen-bond acceptors (Lipinski definition) is 9. The van der Waals surface area contributed by atoms with Crippen LogP contribution in [0.3, 0.4) is 0 Å². The molecule has 0 spiro atoms. The average Bonchev–Trinajstić information content (AvgIpc) is 3.36. The van der Waals surface area contributed by atoms with Gasteiger partial charge in [0.1, 0.15) is 22.8 Å². The number of benzene rings is 4. The van der Waals surface area contributed by atoms with Crippen LogP contribution in [0.4, 0.5) is 10.1 Å². The standard InChI is InChI=1S/C21H17FO3S.C9H12N2O2S/c1-24-16-8-10-17(11-9-16)25-20(14-23)19-4-2-3-5-21(19)26-18-12-6-15(22)7-13-18;1-12-6-3-5-8(4-7(6)13-2)14-9(10)11-5/h2-14,20H,1H3;3-4,9,11H,10H2,1-2H3. The molecule has 10 heteroatoms. The fourth-order valence-electron chi connectivity index (χ4n) is 3.79. The van der Waals surface area contributed by atoms with Gasteiger partial charge in [-0.3, -0.25) is 4.79 Å². The van der Waals surface area contributed by atoms with Crippen LogP contribution in [0.2, 0.25) is 0 Å². The second kappa shape index (κ2) is 14.0. The van der Waals surface area contributed by atoms with Crippen molar-refractivity contribution in [3.05, 3.63) is 96.3 Å². The number of nitrogens with two attached hydrogens (primary N) is 1. The van der Waals surface area contributed by atoms with Gasteiger partial charge in [0, 0.05) is 26.3 Å². The molecule has 3 N–H and O–H groups in total. The Morgan fingerprint density at radius 2 is 1.55 bits per heavy atom. The van der Waals surface area contributed by atoms with E-state index in [0.717, 1.165) is 38.0 Å². The fourth-order valence-corrected chi connectivity index (χ4v) is 5.65. The van der Waals surface area contributed by atoms with Crippen molar-refractivity contribution in [3.63, 3.8) is 0 Å². The number of rotatable bonds is 9. The summed E-state index contributed by atoms with van der Waals surface area (Å²) >= 11 is 3.03. The number of anilines is 1. The Labute approximate surface area is 241 Å². The Morgan fingerprint density at radius 3 is 2.20 bits per heavy atom. The molecule has 0 amide bonds. The molecule has 40 heavy (non-hydrogen) atoms. The van der Waals surface area contributed by atoms with Crippen molar-refractivity contribution < 1.29 is 28.1 Å². The van der Waals surface area contributed by atoms with Gasteiger partial charge in [0.15, 0.2) is 23.9 Å². The lowest BCUT2D eigenvalue weighted by atomic mass is 10.1. The monoisotopic (exact) mass is 580 g/mol. The van der Waals surface area contributed by atoms with Crippen molar-refractivity contribution in [2.45, 2.75) is 26.3 Å². The number of halogens is 1. The number of hydrogen-bond donors (Lipinski definition) is 2. The molecule has 0 fully saturated rings. The summed E-state index contributed by atoms with van der Waals surface area (Å²) in [5.41, 5.74) is 7.41. The number of ether oxygens (including phenoxy) is 4. The van der Waals surface area contributed by atoms with Crippen LogP contribution in [-0.2, 0) is 4.79 Å². The topological polar surface area (TPSA) is 92.0 Å². The minimum Gasteiger partial charge on any atom is -0.497 e. The van der Waals surface area contributed by atoms with Crippen molar-refractivity contribution in [3.8, 4) is 23.0 Å². The average molecular weight is 581 g/mol. The van der Waals surface area contributed by atoms with Crippen LogP contribution in [0.5, 0.6) is 23.0 Å². The normalized spacial score (nSPS) is 14.1. The molecule has 0 aliphatic carbocycles. The number of nitrogens with one attached hydrogen (secondary N) is 1. The molecule has 0 bridgehead atoms. The van der Waals surface area contributed by atoms with E-state index >= 15 is 0 Å². The van der Waals surface area contributed by atoms with Crippen LogP contribution < -0.4 is 30.0 Å². The number of methoxy groups -OCH3 is 3. The maximum Gasteiger partial charge on any atom is 0.180 e. The third-order valence-corrected chi connectivity index (χ3v) is 7.81. The molecular formula is C30H29FN2O5S2. The number of aldehydes is 1. The van der Waals surface area contributed by atoms with Gasteiger partial charge in [-0.2, -0.15) is 0 Å². The highest BCUT2D eigenvalue weighted by molar-refractivity contribution is 8.00. The molecule has 5 rings (SSSR count). The van der Waals surface area contributed by atoms with Crippen molar-refractivity contribution >= 4 is 35.5 Å². The summed E-state index contributed by atoms with van der Waals surface area (Å²) in [6.07, 6.45) is 0.0291. The van der Waals surface area contributed by atoms with Gasteiger partial charge in [0.2, 0.25) is 0 Å². The second-order valence-corrected chi connectivity index (χ2v) is 10.6. The van der Waals surface area contributed by atoms with Crippen LogP contribution >= 0.6 is 23.5 Å². The zero-order valence-corrected chi connectivity index (χ0v) is 23.8. The van der Waals surface area contributed by atoms with E-state index < -0.39 is 6.10 Å². The molecule has 0 saturated carbocycles. The van der Waals surface area contributed by atoms with Gasteiger partial charge >= 0.3 is 0 Å². The van der Waals surface area contributed by atoms with Crippen molar-refractivity contribution in [1.29, 1.82) is 0 Å². The highest BCUT2D eigenvalue weighted by atomic mass is 32.2. The van der Waals surface area contributed by atoms with Gasteiger partial charge < -0.3 is 30.0 Å². The summed E-state index contributed by atoms with van der Waals surface area (Å²) in [6.45, 7) is 0. The third-order valence-electron chi connectivity index (χ3n) is 5.75. The van der Waals surface area contributed by atoms with Crippen LogP contribution in [0.1, 0.15) is 11.7 Å². The molecule has 1 aliphatic heterocycles. The Balaban J connectivity index is 0.000000222. The molecule has 4 aromatic rings. The smallest absolute Gasteiger partial charge is 0.180 e. The van der Waals surface area contributed by atoms with Crippen molar-refractivity contribution in [2.75, 3.05) is 26.6 Å². The van der Waals surface area contributed by atoms with E-state index in [0.29, 0.717) is 17.2 Å². The predicted molar refractivity (Wildman–Crippen MR) is 156 cm³/mol. The maximum absolute atomic E-state index is 13.1.